The van der Waals surface area contributed by atoms with E-state index in [1.165, 1.54) is 0 Å². The SMILES string of the molecule is COc1ccc(C(=O)NC(=S)Nc2ccc(-c3ccc(CO)o3)cc2)cc1Br. The molecule has 2 aromatic carbocycles. The predicted octanol–water partition coefficient (Wildman–Crippen LogP) is 4.34. The molecule has 0 aliphatic carbocycles. The van der Waals surface area contributed by atoms with Gasteiger partial charge < -0.3 is 19.6 Å². The van der Waals surface area contributed by atoms with Crippen LogP contribution in [0.4, 0.5) is 5.69 Å². The summed E-state index contributed by atoms with van der Waals surface area (Å²) in [6, 6.07) is 15.9. The quantitative estimate of drug-likeness (QED) is 0.491. The van der Waals surface area contributed by atoms with E-state index in [1.54, 1.807) is 37.4 Å². The van der Waals surface area contributed by atoms with Crippen LogP contribution in [-0.4, -0.2) is 23.2 Å². The zero-order valence-corrected chi connectivity index (χ0v) is 17.3. The first-order valence-electron chi connectivity index (χ1n) is 8.26. The molecule has 0 radical (unpaired) electrons. The standard InChI is InChI=1S/C20H17BrN2O4S/c1-26-18-8-4-13(10-16(18)21)19(25)23-20(28)22-14-5-2-12(3-6-14)17-9-7-15(11-24)27-17/h2-10,24H,11H2,1H3,(H2,22,23,25,28). The van der Waals surface area contributed by atoms with E-state index < -0.39 is 0 Å². The Hall–Kier alpha value is -2.68. The second-order valence-corrected chi connectivity index (χ2v) is 7.02. The molecule has 0 aliphatic rings. The number of anilines is 1. The summed E-state index contributed by atoms with van der Waals surface area (Å²) in [5.74, 6) is 1.48. The van der Waals surface area contributed by atoms with Gasteiger partial charge in [0.2, 0.25) is 0 Å². The van der Waals surface area contributed by atoms with Gasteiger partial charge in [0.25, 0.3) is 5.91 Å². The Bertz CT molecular complexity index is 1000. The number of aliphatic hydroxyl groups excluding tert-OH is 1. The third-order valence-corrected chi connectivity index (χ3v) is 4.71. The fourth-order valence-corrected chi connectivity index (χ4v) is 3.23. The minimum atomic E-state index is -0.329. The summed E-state index contributed by atoms with van der Waals surface area (Å²) >= 11 is 8.57. The Morgan fingerprint density at radius 3 is 2.54 bits per heavy atom. The Morgan fingerprint density at radius 2 is 1.93 bits per heavy atom. The van der Waals surface area contributed by atoms with Crippen molar-refractivity contribution in [2.75, 3.05) is 12.4 Å². The van der Waals surface area contributed by atoms with Crippen LogP contribution >= 0.6 is 28.1 Å². The number of nitrogens with one attached hydrogen (secondary N) is 2. The summed E-state index contributed by atoms with van der Waals surface area (Å²) < 4.78 is 11.3. The number of carbonyl (C=O) groups excluding carboxylic acids is 1. The number of amides is 1. The highest BCUT2D eigenvalue weighted by Crippen LogP contribution is 2.26. The maximum absolute atomic E-state index is 12.3. The summed E-state index contributed by atoms with van der Waals surface area (Å²) in [5.41, 5.74) is 2.03. The lowest BCUT2D eigenvalue weighted by Gasteiger charge is -2.11. The van der Waals surface area contributed by atoms with Crippen LogP contribution in [0.15, 0.2) is 63.5 Å². The molecule has 1 aromatic heterocycles. The third kappa shape index (κ3) is 4.78. The minimum absolute atomic E-state index is 0.141. The monoisotopic (exact) mass is 460 g/mol. The number of furan rings is 1. The molecule has 0 spiro atoms. The largest absolute Gasteiger partial charge is 0.496 e. The fourth-order valence-electron chi connectivity index (χ4n) is 2.48. The van der Waals surface area contributed by atoms with Crippen molar-refractivity contribution in [3.05, 3.63) is 70.4 Å². The number of methoxy groups -OCH3 is 1. The van der Waals surface area contributed by atoms with Crippen molar-refractivity contribution < 1.29 is 19.1 Å². The van der Waals surface area contributed by atoms with Gasteiger partial charge in [0, 0.05) is 16.8 Å². The minimum Gasteiger partial charge on any atom is -0.496 e. The zero-order valence-electron chi connectivity index (χ0n) is 14.9. The van der Waals surface area contributed by atoms with E-state index in [-0.39, 0.29) is 17.6 Å². The van der Waals surface area contributed by atoms with Crippen molar-refractivity contribution in [2.24, 2.45) is 0 Å². The Balaban J connectivity index is 1.61. The number of aliphatic hydroxyl groups is 1. The molecule has 0 atom stereocenters. The molecule has 144 valence electrons. The van der Waals surface area contributed by atoms with Crippen molar-refractivity contribution in [1.82, 2.24) is 5.32 Å². The highest BCUT2D eigenvalue weighted by molar-refractivity contribution is 9.10. The van der Waals surface area contributed by atoms with Gasteiger partial charge in [0.15, 0.2) is 5.11 Å². The number of hydrogen-bond donors (Lipinski definition) is 3. The molecule has 28 heavy (non-hydrogen) atoms. The molecule has 3 rings (SSSR count). The van der Waals surface area contributed by atoms with Crippen LogP contribution in [0.25, 0.3) is 11.3 Å². The van der Waals surface area contributed by atoms with E-state index in [2.05, 4.69) is 26.6 Å². The van der Waals surface area contributed by atoms with Gasteiger partial charge in [-0.3, -0.25) is 10.1 Å². The van der Waals surface area contributed by atoms with Crippen LogP contribution in [0.5, 0.6) is 5.75 Å². The van der Waals surface area contributed by atoms with E-state index in [4.69, 9.17) is 26.5 Å². The Labute approximate surface area is 175 Å². The van der Waals surface area contributed by atoms with Crippen molar-refractivity contribution in [1.29, 1.82) is 0 Å². The van der Waals surface area contributed by atoms with Crippen molar-refractivity contribution >= 4 is 44.9 Å². The molecule has 8 heteroatoms. The van der Waals surface area contributed by atoms with E-state index in [9.17, 15) is 4.79 Å². The molecule has 0 fully saturated rings. The number of hydrogen-bond acceptors (Lipinski definition) is 5. The topological polar surface area (TPSA) is 83.7 Å². The molecule has 1 heterocycles. The van der Waals surface area contributed by atoms with Crippen molar-refractivity contribution in [2.45, 2.75) is 6.61 Å². The first-order valence-corrected chi connectivity index (χ1v) is 9.46. The van der Waals surface area contributed by atoms with Gasteiger partial charge in [-0.2, -0.15) is 0 Å². The number of rotatable bonds is 5. The average molecular weight is 461 g/mol. The Kier molecular flexibility index (Phi) is 6.45. The maximum Gasteiger partial charge on any atom is 0.257 e. The first kappa shape index (κ1) is 20.1. The molecule has 6 nitrogen and oxygen atoms in total. The predicted molar refractivity (Wildman–Crippen MR) is 114 cm³/mol. The van der Waals surface area contributed by atoms with Gasteiger partial charge in [-0.1, -0.05) is 0 Å². The average Bonchev–Trinajstić information content (AvgIpc) is 3.17. The van der Waals surface area contributed by atoms with E-state index >= 15 is 0 Å². The number of halogens is 1. The number of thiocarbonyl (C=S) groups is 1. The molecule has 0 saturated heterocycles. The maximum atomic E-state index is 12.3. The van der Waals surface area contributed by atoms with Gasteiger partial charge in [0.1, 0.15) is 23.9 Å². The molecule has 0 aliphatic heterocycles. The highest BCUT2D eigenvalue weighted by Gasteiger charge is 2.11. The van der Waals surface area contributed by atoms with Crippen LogP contribution in [0.2, 0.25) is 0 Å². The lowest BCUT2D eigenvalue weighted by atomic mass is 10.1. The molecule has 1 amide bonds. The van der Waals surface area contributed by atoms with Gasteiger partial charge in [-0.15, -0.1) is 0 Å². The van der Waals surface area contributed by atoms with Crippen LogP contribution in [0.3, 0.4) is 0 Å². The van der Waals surface area contributed by atoms with Crippen LogP contribution < -0.4 is 15.4 Å². The van der Waals surface area contributed by atoms with E-state index in [1.807, 2.05) is 24.3 Å². The van der Waals surface area contributed by atoms with Crippen LogP contribution in [-0.2, 0) is 6.61 Å². The Morgan fingerprint density at radius 1 is 1.18 bits per heavy atom. The summed E-state index contributed by atoms with van der Waals surface area (Å²) in [5, 5.41) is 14.9. The first-order chi connectivity index (χ1) is 13.5. The number of carbonyl (C=O) groups is 1. The van der Waals surface area contributed by atoms with Crippen molar-refractivity contribution in [3.8, 4) is 17.1 Å². The summed E-state index contributed by atoms with van der Waals surface area (Å²) in [7, 11) is 1.56. The molecule has 0 unspecified atom stereocenters. The van der Waals surface area contributed by atoms with Gasteiger partial charge in [0.05, 0.1) is 11.6 Å². The molecular weight excluding hydrogens is 444 g/mol. The number of ether oxygens (including phenoxy) is 1. The van der Waals surface area contributed by atoms with E-state index in [0.717, 1.165) is 11.3 Å². The lowest BCUT2D eigenvalue weighted by molar-refractivity contribution is 0.0977. The normalized spacial score (nSPS) is 10.4. The summed E-state index contributed by atoms with van der Waals surface area (Å²) in [6.45, 7) is -0.141. The van der Waals surface area contributed by atoms with Crippen molar-refractivity contribution in [3.63, 3.8) is 0 Å². The van der Waals surface area contributed by atoms with Crippen LogP contribution in [0.1, 0.15) is 16.1 Å². The summed E-state index contributed by atoms with van der Waals surface area (Å²) in [6.07, 6.45) is 0. The second kappa shape index (κ2) is 9.01. The third-order valence-electron chi connectivity index (χ3n) is 3.89. The van der Waals surface area contributed by atoms with Gasteiger partial charge in [-0.05, 0) is 82.7 Å². The van der Waals surface area contributed by atoms with Crippen LogP contribution in [0, 0.1) is 0 Å². The summed E-state index contributed by atoms with van der Waals surface area (Å²) in [4.78, 5) is 12.3. The smallest absolute Gasteiger partial charge is 0.257 e. The molecular formula is C20H17BrN2O4S. The van der Waals surface area contributed by atoms with Gasteiger partial charge in [-0.25, -0.2) is 0 Å². The molecule has 3 aromatic rings. The molecule has 0 bridgehead atoms. The zero-order chi connectivity index (χ0) is 20.1. The van der Waals surface area contributed by atoms with Gasteiger partial charge >= 0.3 is 0 Å². The number of benzene rings is 2. The lowest BCUT2D eigenvalue weighted by Crippen LogP contribution is -2.34. The highest BCUT2D eigenvalue weighted by atomic mass is 79.9. The molecule has 3 N–H and O–H groups in total. The fraction of sp³-hybridized carbons (Fsp3) is 0.100. The molecule has 0 saturated carbocycles. The second-order valence-electron chi connectivity index (χ2n) is 5.76. The van der Waals surface area contributed by atoms with E-state index in [0.29, 0.717) is 27.3 Å².